The van der Waals surface area contributed by atoms with Crippen LogP contribution in [0.1, 0.15) is 13.8 Å². The Morgan fingerprint density at radius 3 is 2.57 bits per heavy atom. The monoisotopic (exact) mass is 340 g/mol. The van der Waals surface area contributed by atoms with Crippen molar-refractivity contribution in [3.63, 3.8) is 0 Å². The number of nitro benzene ring substituents is 1. The van der Waals surface area contributed by atoms with Gasteiger partial charge in [-0.1, -0.05) is 25.4 Å². The Bertz CT molecular complexity index is 586. The molecule has 1 fully saturated rings. The molecule has 0 bridgehead atoms. The first-order chi connectivity index (χ1) is 10.9. The van der Waals surface area contributed by atoms with Crippen LogP contribution in [0, 0.1) is 16.0 Å². The van der Waals surface area contributed by atoms with Crippen LogP contribution < -0.4 is 10.2 Å². The first-order valence-corrected chi connectivity index (χ1v) is 7.98. The smallest absolute Gasteiger partial charge is 0.317 e. The summed E-state index contributed by atoms with van der Waals surface area (Å²) in [6, 6.07) is 4.59. The zero-order chi connectivity index (χ0) is 17.0. The first-order valence-electron chi connectivity index (χ1n) is 7.60. The van der Waals surface area contributed by atoms with Crippen LogP contribution in [0.3, 0.4) is 0 Å². The van der Waals surface area contributed by atoms with Gasteiger partial charge in [0.1, 0.15) is 5.69 Å². The number of hydrogen-bond donors (Lipinski definition) is 1. The molecule has 0 atom stereocenters. The summed E-state index contributed by atoms with van der Waals surface area (Å²) >= 11 is 5.84. The Morgan fingerprint density at radius 2 is 2.00 bits per heavy atom. The molecule has 0 radical (unpaired) electrons. The van der Waals surface area contributed by atoms with Gasteiger partial charge in [-0.05, 0) is 18.1 Å². The lowest BCUT2D eigenvalue weighted by atomic mass is 10.2. The van der Waals surface area contributed by atoms with Crippen molar-refractivity contribution in [2.75, 3.05) is 37.6 Å². The van der Waals surface area contributed by atoms with E-state index in [0.717, 1.165) is 0 Å². The van der Waals surface area contributed by atoms with Crippen LogP contribution in [-0.2, 0) is 0 Å². The molecular formula is C15H21ClN4O3. The second kappa shape index (κ2) is 7.50. The fraction of sp³-hybridized carbons (Fsp3) is 0.533. The lowest BCUT2D eigenvalue weighted by molar-refractivity contribution is -0.384. The molecule has 0 aromatic heterocycles. The van der Waals surface area contributed by atoms with E-state index in [1.165, 1.54) is 6.07 Å². The van der Waals surface area contributed by atoms with Gasteiger partial charge in [-0.15, -0.1) is 0 Å². The Morgan fingerprint density at radius 1 is 1.35 bits per heavy atom. The number of anilines is 1. The molecule has 1 heterocycles. The van der Waals surface area contributed by atoms with Crippen molar-refractivity contribution in [2.45, 2.75) is 13.8 Å². The zero-order valence-electron chi connectivity index (χ0n) is 13.3. The van der Waals surface area contributed by atoms with Gasteiger partial charge in [0, 0.05) is 43.8 Å². The molecule has 0 unspecified atom stereocenters. The third kappa shape index (κ3) is 4.48. The number of carbonyl (C=O) groups is 1. The van der Waals surface area contributed by atoms with Crippen molar-refractivity contribution in [3.05, 3.63) is 33.3 Å². The largest absolute Gasteiger partial charge is 0.362 e. The van der Waals surface area contributed by atoms with Crippen LogP contribution in [0.5, 0.6) is 0 Å². The quantitative estimate of drug-likeness (QED) is 0.675. The molecule has 1 aromatic rings. The van der Waals surface area contributed by atoms with Gasteiger partial charge in [0.15, 0.2) is 0 Å². The van der Waals surface area contributed by atoms with E-state index in [-0.39, 0.29) is 11.7 Å². The Balaban J connectivity index is 1.99. The SMILES string of the molecule is CC(C)CNC(=O)N1CCN(c2ccc(Cl)cc2[N+](=O)[O-])CC1. The molecule has 0 spiro atoms. The average molecular weight is 341 g/mol. The van der Waals surface area contributed by atoms with Crippen molar-refractivity contribution in [2.24, 2.45) is 5.92 Å². The van der Waals surface area contributed by atoms with E-state index in [4.69, 9.17) is 11.6 Å². The highest BCUT2D eigenvalue weighted by Gasteiger charge is 2.25. The van der Waals surface area contributed by atoms with Crippen LogP contribution in [0.25, 0.3) is 0 Å². The number of carbonyl (C=O) groups excluding carboxylic acids is 1. The van der Waals surface area contributed by atoms with E-state index in [1.54, 1.807) is 17.0 Å². The number of nitrogens with one attached hydrogen (secondary N) is 1. The Labute approximate surface area is 140 Å². The second-order valence-corrected chi connectivity index (χ2v) is 6.38. The van der Waals surface area contributed by atoms with Gasteiger partial charge >= 0.3 is 6.03 Å². The summed E-state index contributed by atoms with van der Waals surface area (Å²) in [6.45, 7) is 6.89. The Hall–Kier alpha value is -2.02. The summed E-state index contributed by atoms with van der Waals surface area (Å²) in [6.07, 6.45) is 0. The standard InChI is InChI=1S/C15H21ClN4O3/c1-11(2)10-17-15(21)19-7-5-18(6-8-19)13-4-3-12(16)9-14(13)20(22)23/h3-4,9,11H,5-8,10H2,1-2H3,(H,17,21). The van der Waals surface area contributed by atoms with Crippen molar-refractivity contribution in [1.29, 1.82) is 0 Å². The summed E-state index contributed by atoms with van der Waals surface area (Å²) in [5.74, 6) is 0.400. The van der Waals surface area contributed by atoms with Gasteiger partial charge in [-0.2, -0.15) is 0 Å². The normalized spacial score (nSPS) is 15.0. The minimum absolute atomic E-state index is 0.00444. The summed E-state index contributed by atoms with van der Waals surface area (Å²) in [4.78, 5) is 26.4. The maximum absolute atomic E-state index is 12.0. The average Bonchev–Trinajstić information content (AvgIpc) is 2.52. The number of rotatable bonds is 4. The predicted molar refractivity (Wildman–Crippen MR) is 90.1 cm³/mol. The van der Waals surface area contributed by atoms with Gasteiger partial charge < -0.3 is 15.1 Å². The molecule has 1 saturated heterocycles. The molecule has 1 aliphatic rings. The van der Waals surface area contributed by atoms with Crippen molar-refractivity contribution < 1.29 is 9.72 Å². The fourth-order valence-electron chi connectivity index (χ4n) is 2.46. The van der Waals surface area contributed by atoms with E-state index < -0.39 is 4.92 Å². The molecule has 0 saturated carbocycles. The van der Waals surface area contributed by atoms with E-state index in [9.17, 15) is 14.9 Å². The van der Waals surface area contributed by atoms with Gasteiger partial charge in [-0.25, -0.2) is 4.79 Å². The van der Waals surface area contributed by atoms with E-state index >= 15 is 0 Å². The van der Waals surface area contributed by atoms with Crippen molar-refractivity contribution in [3.8, 4) is 0 Å². The lowest BCUT2D eigenvalue weighted by Gasteiger charge is -2.35. The lowest BCUT2D eigenvalue weighted by Crippen LogP contribution is -2.52. The molecule has 126 valence electrons. The second-order valence-electron chi connectivity index (χ2n) is 5.94. The highest BCUT2D eigenvalue weighted by Crippen LogP contribution is 2.31. The van der Waals surface area contributed by atoms with E-state index in [2.05, 4.69) is 5.32 Å². The number of nitro groups is 1. The minimum Gasteiger partial charge on any atom is -0.362 e. The number of benzene rings is 1. The first kappa shape index (κ1) is 17.3. The molecule has 2 amide bonds. The Kier molecular flexibility index (Phi) is 5.65. The molecule has 8 heteroatoms. The number of piperazine rings is 1. The summed E-state index contributed by atoms with van der Waals surface area (Å²) in [7, 11) is 0. The summed E-state index contributed by atoms with van der Waals surface area (Å²) in [5, 5.41) is 14.4. The van der Waals surface area contributed by atoms with Crippen LogP contribution in [-0.4, -0.2) is 48.6 Å². The third-order valence-electron chi connectivity index (χ3n) is 3.70. The molecule has 1 aliphatic heterocycles. The van der Waals surface area contributed by atoms with E-state index in [0.29, 0.717) is 49.4 Å². The van der Waals surface area contributed by atoms with Crippen LogP contribution in [0.15, 0.2) is 18.2 Å². The topological polar surface area (TPSA) is 78.7 Å². The fourth-order valence-corrected chi connectivity index (χ4v) is 2.63. The highest BCUT2D eigenvalue weighted by atomic mass is 35.5. The minimum atomic E-state index is -0.428. The molecular weight excluding hydrogens is 320 g/mol. The van der Waals surface area contributed by atoms with Crippen molar-refractivity contribution in [1.82, 2.24) is 10.2 Å². The molecule has 1 N–H and O–H groups in total. The van der Waals surface area contributed by atoms with Gasteiger partial charge in [0.2, 0.25) is 0 Å². The number of hydrogen-bond acceptors (Lipinski definition) is 4. The highest BCUT2D eigenvalue weighted by molar-refractivity contribution is 6.30. The predicted octanol–water partition coefficient (Wildman–Crippen LogP) is 2.74. The number of urea groups is 1. The number of nitrogens with zero attached hydrogens (tertiary/aromatic N) is 3. The van der Waals surface area contributed by atoms with Crippen LogP contribution in [0.4, 0.5) is 16.2 Å². The molecule has 23 heavy (non-hydrogen) atoms. The van der Waals surface area contributed by atoms with Gasteiger partial charge in [0.25, 0.3) is 5.69 Å². The zero-order valence-corrected chi connectivity index (χ0v) is 14.0. The summed E-state index contributed by atoms with van der Waals surface area (Å²) < 4.78 is 0. The summed E-state index contributed by atoms with van der Waals surface area (Å²) in [5.41, 5.74) is 0.539. The van der Waals surface area contributed by atoms with Gasteiger partial charge in [0.05, 0.1) is 4.92 Å². The third-order valence-corrected chi connectivity index (χ3v) is 3.94. The molecule has 1 aromatic carbocycles. The molecule has 7 nitrogen and oxygen atoms in total. The van der Waals surface area contributed by atoms with Crippen molar-refractivity contribution >= 4 is 29.0 Å². The maximum atomic E-state index is 12.0. The molecule has 2 rings (SSSR count). The van der Waals surface area contributed by atoms with Crippen LogP contribution in [0.2, 0.25) is 5.02 Å². The number of halogens is 1. The van der Waals surface area contributed by atoms with Crippen LogP contribution >= 0.6 is 11.6 Å². The maximum Gasteiger partial charge on any atom is 0.317 e. The number of amides is 2. The van der Waals surface area contributed by atoms with E-state index in [1.807, 2.05) is 18.7 Å². The molecule has 0 aliphatic carbocycles. The van der Waals surface area contributed by atoms with Gasteiger partial charge in [-0.3, -0.25) is 10.1 Å².